The number of rotatable bonds is 6. The molecule has 15 heavy (non-hydrogen) atoms. The van der Waals surface area contributed by atoms with Gasteiger partial charge < -0.3 is 26.8 Å². The number of nitrogens with one attached hydrogen (secondary N) is 1. The van der Waals surface area contributed by atoms with Crippen LogP contribution in [0.1, 0.15) is 0 Å². The second-order valence-electron chi connectivity index (χ2n) is 2.74. The minimum Gasteiger partial charge on any atom is -0.480 e. The van der Waals surface area contributed by atoms with Crippen LogP contribution in [0.5, 0.6) is 0 Å². The van der Waals surface area contributed by atoms with Crippen LogP contribution >= 0.6 is 0 Å². The maximum atomic E-state index is 11.3. The number of hydrogen-bond acceptors (Lipinski definition) is 4. The van der Waals surface area contributed by atoms with Gasteiger partial charge in [-0.15, -0.1) is 0 Å². The largest absolute Gasteiger partial charge is 0.480 e. The van der Waals surface area contributed by atoms with Crippen LogP contribution in [0.3, 0.4) is 0 Å². The Bertz CT molecular complexity index is 239. The topological polar surface area (TPSA) is 139 Å². The van der Waals surface area contributed by atoms with Gasteiger partial charge >= 0.3 is 12.0 Å². The summed E-state index contributed by atoms with van der Waals surface area (Å²) >= 11 is 0. The highest BCUT2D eigenvalue weighted by molar-refractivity contribution is 5.85. The fourth-order valence-corrected chi connectivity index (χ4v) is 0.842. The Labute approximate surface area is 86.2 Å². The Morgan fingerprint density at radius 3 is 2.27 bits per heavy atom. The maximum Gasteiger partial charge on any atom is 0.323 e. The van der Waals surface area contributed by atoms with E-state index < -0.39 is 31.0 Å². The molecule has 0 aliphatic rings. The lowest BCUT2D eigenvalue weighted by Crippen LogP contribution is -2.47. The van der Waals surface area contributed by atoms with Gasteiger partial charge in [-0.3, -0.25) is 9.59 Å². The molecule has 0 radical (unpaired) electrons. The summed E-state index contributed by atoms with van der Waals surface area (Å²) in [7, 11) is 0. The van der Waals surface area contributed by atoms with Gasteiger partial charge in [-0.25, -0.2) is 4.79 Å². The third-order valence-electron chi connectivity index (χ3n) is 1.38. The number of carboxylic acid groups (broad SMARTS) is 1. The number of amides is 3. The van der Waals surface area contributed by atoms with Crippen LogP contribution in [0.4, 0.5) is 4.79 Å². The third-order valence-corrected chi connectivity index (χ3v) is 1.38. The van der Waals surface area contributed by atoms with Crippen molar-refractivity contribution in [3.8, 4) is 0 Å². The second-order valence-corrected chi connectivity index (χ2v) is 2.74. The van der Waals surface area contributed by atoms with E-state index in [1.54, 1.807) is 0 Å². The quantitative estimate of drug-likeness (QED) is 0.391. The third kappa shape index (κ3) is 6.27. The molecule has 8 heteroatoms. The lowest BCUT2D eigenvalue weighted by Gasteiger charge is -2.19. The molecule has 0 unspecified atom stereocenters. The minimum absolute atomic E-state index is 0.202. The fourth-order valence-electron chi connectivity index (χ4n) is 0.842. The summed E-state index contributed by atoms with van der Waals surface area (Å²) in [6, 6.07) is -0.679. The Morgan fingerprint density at radius 1 is 1.27 bits per heavy atom. The van der Waals surface area contributed by atoms with Crippen LogP contribution in [0.15, 0.2) is 0 Å². The zero-order valence-corrected chi connectivity index (χ0v) is 8.10. The SMILES string of the molecule is NCCNC(=O)N(CC(N)=O)CC(=O)O. The smallest absolute Gasteiger partial charge is 0.323 e. The minimum atomic E-state index is -1.22. The highest BCUT2D eigenvalue weighted by Crippen LogP contribution is 1.88. The molecule has 0 atom stereocenters. The van der Waals surface area contributed by atoms with E-state index in [1.165, 1.54) is 0 Å². The summed E-state index contributed by atoms with van der Waals surface area (Å²) in [4.78, 5) is 33.0. The van der Waals surface area contributed by atoms with Crippen LogP contribution in [-0.4, -0.2) is 54.1 Å². The number of nitrogens with zero attached hydrogens (tertiary/aromatic N) is 1. The van der Waals surface area contributed by atoms with Crippen molar-refractivity contribution in [3.05, 3.63) is 0 Å². The van der Waals surface area contributed by atoms with Gasteiger partial charge in [0.15, 0.2) is 0 Å². The van der Waals surface area contributed by atoms with E-state index in [9.17, 15) is 14.4 Å². The van der Waals surface area contributed by atoms with Crippen molar-refractivity contribution in [2.45, 2.75) is 0 Å². The van der Waals surface area contributed by atoms with Gasteiger partial charge in [0.25, 0.3) is 0 Å². The predicted octanol–water partition coefficient (Wildman–Crippen LogP) is -2.47. The van der Waals surface area contributed by atoms with Crippen molar-refractivity contribution in [1.82, 2.24) is 10.2 Å². The molecule has 8 nitrogen and oxygen atoms in total. The number of carbonyl (C=O) groups excluding carboxylic acids is 2. The molecular weight excluding hydrogens is 204 g/mol. The van der Waals surface area contributed by atoms with E-state index in [-0.39, 0.29) is 13.1 Å². The average Bonchev–Trinajstić information content (AvgIpc) is 2.11. The maximum absolute atomic E-state index is 11.3. The van der Waals surface area contributed by atoms with Crippen molar-refractivity contribution in [1.29, 1.82) is 0 Å². The molecule has 0 saturated heterocycles. The number of carbonyl (C=O) groups is 3. The highest BCUT2D eigenvalue weighted by atomic mass is 16.4. The Hall–Kier alpha value is -1.83. The molecule has 0 heterocycles. The molecule has 0 aromatic heterocycles. The van der Waals surface area contributed by atoms with Gasteiger partial charge in [0.2, 0.25) is 5.91 Å². The Kier molecular flexibility index (Phi) is 5.79. The standard InChI is InChI=1S/C7H14N4O4/c8-1-2-10-7(15)11(3-5(9)12)4-6(13)14/h1-4,8H2,(H2,9,12)(H,10,15)(H,13,14). The van der Waals surface area contributed by atoms with Crippen LogP contribution < -0.4 is 16.8 Å². The zero-order valence-electron chi connectivity index (χ0n) is 8.10. The summed E-state index contributed by atoms with van der Waals surface area (Å²) in [5.41, 5.74) is 10.00. The molecule has 0 aliphatic carbocycles. The van der Waals surface area contributed by atoms with Gasteiger partial charge in [-0.05, 0) is 0 Å². The molecule has 6 N–H and O–H groups in total. The molecule has 0 aliphatic heterocycles. The van der Waals surface area contributed by atoms with Crippen LogP contribution in [-0.2, 0) is 9.59 Å². The van der Waals surface area contributed by atoms with Gasteiger partial charge in [-0.1, -0.05) is 0 Å². The van der Waals surface area contributed by atoms with Gasteiger partial charge in [0, 0.05) is 13.1 Å². The lowest BCUT2D eigenvalue weighted by atomic mass is 10.4. The second kappa shape index (κ2) is 6.60. The molecule has 86 valence electrons. The lowest BCUT2D eigenvalue weighted by molar-refractivity contribution is -0.137. The molecule has 0 rings (SSSR count). The van der Waals surface area contributed by atoms with Crippen LogP contribution in [0.2, 0.25) is 0 Å². The van der Waals surface area contributed by atoms with E-state index in [4.69, 9.17) is 16.6 Å². The number of urea groups is 1. The number of nitrogens with two attached hydrogens (primary N) is 2. The van der Waals surface area contributed by atoms with Gasteiger partial charge in [0.1, 0.15) is 13.1 Å². The number of aliphatic carboxylic acids is 1. The van der Waals surface area contributed by atoms with Gasteiger partial charge in [0.05, 0.1) is 0 Å². The summed E-state index contributed by atoms with van der Waals surface area (Å²) in [6.07, 6.45) is 0. The van der Waals surface area contributed by atoms with Crippen LogP contribution in [0.25, 0.3) is 0 Å². The van der Waals surface area contributed by atoms with E-state index >= 15 is 0 Å². The monoisotopic (exact) mass is 218 g/mol. The normalized spacial score (nSPS) is 9.40. The summed E-state index contributed by atoms with van der Waals surface area (Å²) in [5.74, 6) is -2.00. The van der Waals surface area contributed by atoms with E-state index in [0.717, 1.165) is 4.90 Å². The molecule has 3 amide bonds. The molecular formula is C7H14N4O4. The van der Waals surface area contributed by atoms with Crippen molar-refractivity contribution in [2.24, 2.45) is 11.5 Å². The number of primary amides is 1. The average molecular weight is 218 g/mol. The first-order valence-electron chi connectivity index (χ1n) is 4.20. The van der Waals surface area contributed by atoms with Crippen LogP contribution in [0, 0.1) is 0 Å². The van der Waals surface area contributed by atoms with Gasteiger partial charge in [-0.2, -0.15) is 0 Å². The summed E-state index contributed by atoms with van der Waals surface area (Å²) in [5, 5.41) is 10.8. The highest BCUT2D eigenvalue weighted by Gasteiger charge is 2.17. The Balaban J connectivity index is 4.26. The van der Waals surface area contributed by atoms with Crippen molar-refractivity contribution in [2.75, 3.05) is 26.2 Å². The van der Waals surface area contributed by atoms with E-state index in [0.29, 0.717) is 0 Å². The predicted molar refractivity (Wildman–Crippen MR) is 50.9 cm³/mol. The van der Waals surface area contributed by atoms with Crippen molar-refractivity contribution >= 4 is 17.9 Å². The molecule has 0 fully saturated rings. The number of hydrogen-bond donors (Lipinski definition) is 4. The molecule has 0 aromatic carbocycles. The van der Waals surface area contributed by atoms with E-state index in [2.05, 4.69) is 5.32 Å². The van der Waals surface area contributed by atoms with Crippen molar-refractivity contribution < 1.29 is 19.5 Å². The molecule has 0 aromatic rings. The zero-order chi connectivity index (χ0) is 11.8. The first-order valence-corrected chi connectivity index (χ1v) is 4.20. The van der Waals surface area contributed by atoms with E-state index in [1.807, 2.05) is 0 Å². The fraction of sp³-hybridized carbons (Fsp3) is 0.571. The first-order chi connectivity index (χ1) is 6.97. The van der Waals surface area contributed by atoms with Crippen molar-refractivity contribution in [3.63, 3.8) is 0 Å². The molecule has 0 bridgehead atoms. The number of carboxylic acids is 1. The summed E-state index contributed by atoms with van der Waals surface area (Å²) in [6.45, 7) is -0.598. The molecule has 0 saturated carbocycles. The Morgan fingerprint density at radius 2 is 1.87 bits per heavy atom. The first kappa shape index (κ1) is 13.2. The summed E-state index contributed by atoms with van der Waals surface area (Å²) < 4.78 is 0. The molecule has 0 spiro atoms.